The number of rotatable bonds is 1. The number of benzene rings is 2. The normalized spacial score (nSPS) is 10.5. The third kappa shape index (κ3) is 2.04. The Bertz CT molecular complexity index is 554. The van der Waals surface area contributed by atoms with Crippen LogP contribution in [0.3, 0.4) is 0 Å². The summed E-state index contributed by atoms with van der Waals surface area (Å²) in [6, 6.07) is 7.84. The summed E-state index contributed by atoms with van der Waals surface area (Å²) in [5, 5.41) is 28.7. The lowest BCUT2D eigenvalue weighted by Crippen LogP contribution is -1.88. The van der Waals surface area contributed by atoms with Crippen LogP contribution >= 0.6 is 0 Å². The Balaban J connectivity index is 2.72. The van der Waals surface area contributed by atoms with Gasteiger partial charge in [-0.1, -0.05) is 6.07 Å². The lowest BCUT2D eigenvalue weighted by Gasteiger charge is -2.12. The smallest absolute Gasteiger partial charge is 0.119 e. The molecule has 0 spiro atoms. The number of phenols is 3. The molecule has 2 rings (SSSR count). The number of hydrogen-bond acceptors (Lipinski definition) is 3. The number of hydrogen-bond donors (Lipinski definition) is 3. The van der Waals surface area contributed by atoms with E-state index in [4.69, 9.17) is 0 Å². The predicted molar refractivity (Wildman–Crippen MR) is 66.3 cm³/mol. The van der Waals surface area contributed by atoms with Crippen molar-refractivity contribution in [2.24, 2.45) is 0 Å². The van der Waals surface area contributed by atoms with E-state index in [2.05, 4.69) is 0 Å². The van der Waals surface area contributed by atoms with E-state index < -0.39 is 0 Å². The van der Waals surface area contributed by atoms with Crippen LogP contribution in [0.15, 0.2) is 30.3 Å². The molecule has 2 aromatic rings. The van der Waals surface area contributed by atoms with Gasteiger partial charge in [0.05, 0.1) is 0 Å². The average Bonchev–Trinajstić information content (AvgIpc) is 2.23. The summed E-state index contributed by atoms with van der Waals surface area (Å²) < 4.78 is 0. The van der Waals surface area contributed by atoms with Gasteiger partial charge in [0.25, 0.3) is 0 Å². The quantitative estimate of drug-likeness (QED) is 0.705. The molecule has 0 radical (unpaired) electrons. The second kappa shape index (κ2) is 4.01. The molecule has 3 nitrogen and oxygen atoms in total. The maximum atomic E-state index is 9.70. The summed E-state index contributed by atoms with van der Waals surface area (Å²) in [6.07, 6.45) is 0. The fourth-order valence-corrected chi connectivity index (χ4v) is 2.02. The molecule has 0 aliphatic carbocycles. The van der Waals surface area contributed by atoms with Gasteiger partial charge in [0.2, 0.25) is 0 Å². The van der Waals surface area contributed by atoms with Gasteiger partial charge in [-0.2, -0.15) is 0 Å². The SMILES string of the molecule is Cc1ccc(O)c(C)c1-c1cc(O)cc(O)c1. The second-order valence-electron chi connectivity index (χ2n) is 4.14. The van der Waals surface area contributed by atoms with Gasteiger partial charge in [0, 0.05) is 6.07 Å². The van der Waals surface area contributed by atoms with E-state index in [0.717, 1.165) is 16.7 Å². The summed E-state index contributed by atoms with van der Waals surface area (Å²) in [6.45, 7) is 3.72. The van der Waals surface area contributed by atoms with Gasteiger partial charge >= 0.3 is 0 Å². The van der Waals surface area contributed by atoms with E-state index in [9.17, 15) is 15.3 Å². The van der Waals surface area contributed by atoms with Crippen molar-refractivity contribution in [3.8, 4) is 28.4 Å². The van der Waals surface area contributed by atoms with Crippen LogP contribution < -0.4 is 0 Å². The van der Waals surface area contributed by atoms with E-state index in [-0.39, 0.29) is 17.2 Å². The molecule has 0 atom stereocenters. The van der Waals surface area contributed by atoms with Crippen molar-refractivity contribution >= 4 is 0 Å². The van der Waals surface area contributed by atoms with Crippen LogP contribution in [0.5, 0.6) is 17.2 Å². The molecule has 0 heterocycles. The highest BCUT2D eigenvalue weighted by molar-refractivity contribution is 5.75. The highest BCUT2D eigenvalue weighted by atomic mass is 16.3. The molecule has 3 heteroatoms. The number of phenolic OH excluding ortho intramolecular Hbond substituents is 3. The van der Waals surface area contributed by atoms with Gasteiger partial charge in [-0.3, -0.25) is 0 Å². The van der Waals surface area contributed by atoms with Gasteiger partial charge in [-0.05, 0) is 54.3 Å². The Morgan fingerprint density at radius 1 is 0.824 bits per heavy atom. The van der Waals surface area contributed by atoms with Crippen molar-refractivity contribution in [3.63, 3.8) is 0 Å². The molecule has 0 aromatic heterocycles. The van der Waals surface area contributed by atoms with Gasteiger partial charge in [-0.15, -0.1) is 0 Å². The third-order valence-electron chi connectivity index (χ3n) is 2.84. The molecular formula is C14H14O3. The Hall–Kier alpha value is -2.16. The molecule has 17 heavy (non-hydrogen) atoms. The lowest BCUT2D eigenvalue weighted by atomic mass is 9.95. The summed E-state index contributed by atoms with van der Waals surface area (Å²) in [5.74, 6) is 0.206. The predicted octanol–water partition coefficient (Wildman–Crippen LogP) is 3.09. The highest BCUT2D eigenvalue weighted by Crippen LogP contribution is 2.35. The van der Waals surface area contributed by atoms with Crippen molar-refractivity contribution in [2.75, 3.05) is 0 Å². The molecule has 0 saturated carbocycles. The maximum Gasteiger partial charge on any atom is 0.119 e. The van der Waals surface area contributed by atoms with Crippen molar-refractivity contribution in [3.05, 3.63) is 41.5 Å². The van der Waals surface area contributed by atoms with E-state index in [0.29, 0.717) is 5.56 Å². The molecule has 88 valence electrons. The Morgan fingerprint density at radius 3 is 2.00 bits per heavy atom. The largest absolute Gasteiger partial charge is 0.508 e. The number of aryl methyl sites for hydroxylation is 1. The van der Waals surface area contributed by atoms with Crippen molar-refractivity contribution < 1.29 is 15.3 Å². The molecule has 2 aromatic carbocycles. The van der Waals surface area contributed by atoms with Crippen LogP contribution in [-0.2, 0) is 0 Å². The van der Waals surface area contributed by atoms with Crippen molar-refractivity contribution in [2.45, 2.75) is 13.8 Å². The lowest BCUT2D eigenvalue weighted by molar-refractivity contribution is 0.451. The Morgan fingerprint density at radius 2 is 1.41 bits per heavy atom. The Kier molecular flexibility index (Phi) is 2.68. The fraction of sp³-hybridized carbons (Fsp3) is 0.143. The standard InChI is InChI=1S/C14H14O3/c1-8-3-4-13(17)9(2)14(8)10-5-11(15)7-12(16)6-10/h3-7,15-17H,1-2H3. The van der Waals surface area contributed by atoms with Crippen LogP contribution in [0.4, 0.5) is 0 Å². The molecule has 0 aliphatic rings. The summed E-state index contributed by atoms with van der Waals surface area (Å²) in [7, 11) is 0. The molecule has 0 saturated heterocycles. The minimum Gasteiger partial charge on any atom is -0.508 e. The van der Waals surface area contributed by atoms with E-state index in [1.807, 2.05) is 6.92 Å². The van der Waals surface area contributed by atoms with Crippen LogP contribution in [0.2, 0.25) is 0 Å². The molecule has 0 bridgehead atoms. The molecular weight excluding hydrogens is 216 g/mol. The maximum absolute atomic E-state index is 9.70. The molecule has 0 fully saturated rings. The molecule has 0 aliphatic heterocycles. The highest BCUT2D eigenvalue weighted by Gasteiger charge is 2.10. The summed E-state index contributed by atoms with van der Waals surface area (Å²) in [4.78, 5) is 0. The van der Waals surface area contributed by atoms with Crippen LogP contribution in [0.25, 0.3) is 11.1 Å². The first-order chi connectivity index (χ1) is 7.99. The van der Waals surface area contributed by atoms with Gasteiger partial charge in [0.1, 0.15) is 17.2 Å². The summed E-state index contributed by atoms with van der Waals surface area (Å²) in [5.41, 5.74) is 3.23. The second-order valence-corrected chi connectivity index (χ2v) is 4.14. The zero-order valence-electron chi connectivity index (χ0n) is 9.73. The first-order valence-corrected chi connectivity index (χ1v) is 5.31. The minimum atomic E-state index is 0.00198. The average molecular weight is 230 g/mol. The van der Waals surface area contributed by atoms with Gasteiger partial charge in [0.15, 0.2) is 0 Å². The minimum absolute atomic E-state index is 0.00198. The molecule has 0 amide bonds. The fourth-order valence-electron chi connectivity index (χ4n) is 2.02. The van der Waals surface area contributed by atoms with Crippen LogP contribution in [0.1, 0.15) is 11.1 Å². The van der Waals surface area contributed by atoms with Crippen LogP contribution in [-0.4, -0.2) is 15.3 Å². The topological polar surface area (TPSA) is 60.7 Å². The Labute approximate surface area is 99.6 Å². The van der Waals surface area contributed by atoms with Gasteiger partial charge < -0.3 is 15.3 Å². The monoisotopic (exact) mass is 230 g/mol. The zero-order valence-corrected chi connectivity index (χ0v) is 9.73. The van der Waals surface area contributed by atoms with E-state index in [1.54, 1.807) is 31.2 Å². The van der Waals surface area contributed by atoms with E-state index in [1.165, 1.54) is 6.07 Å². The molecule has 3 N–H and O–H groups in total. The van der Waals surface area contributed by atoms with Crippen LogP contribution in [0, 0.1) is 13.8 Å². The first-order valence-electron chi connectivity index (χ1n) is 5.31. The van der Waals surface area contributed by atoms with Crippen molar-refractivity contribution in [1.29, 1.82) is 0 Å². The first kappa shape index (κ1) is 11.3. The van der Waals surface area contributed by atoms with E-state index >= 15 is 0 Å². The zero-order chi connectivity index (χ0) is 12.6. The number of aromatic hydroxyl groups is 3. The summed E-state index contributed by atoms with van der Waals surface area (Å²) >= 11 is 0. The van der Waals surface area contributed by atoms with Crippen molar-refractivity contribution in [1.82, 2.24) is 0 Å². The van der Waals surface area contributed by atoms with Gasteiger partial charge in [-0.25, -0.2) is 0 Å². The molecule has 0 unspecified atom stereocenters. The third-order valence-corrected chi connectivity index (χ3v) is 2.84.